The number of anilines is 3. The Balaban J connectivity index is 0.973. The smallest absolute Gasteiger partial charge is 0.356 e. The number of rotatable bonds is 7. The molecule has 0 unspecified atom stereocenters. The zero-order chi connectivity index (χ0) is 30.2. The van der Waals surface area contributed by atoms with E-state index in [4.69, 9.17) is 15.1 Å². The molecular weight excluding hydrogens is 574 g/mol. The summed E-state index contributed by atoms with van der Waals surface area (Å²) in [5, 5.41) is 16.9. The number of hydrogen-bond acceptors (Lipinski definition) is 9. The summed E-state index contributed by atoms with van der Waals surface area (Å²) in [6.45, 7) is 2.70. The topological polar surface area (TPSA) is 117 Å². The summed E-state index contributed by atoms with van der Waals surface area (Å²) in [7, 11) is 1.83. The van der Waals surface area contributed by atoms with Crippen molar-refractivity contribution < 1.29 is 9.90 Å². The van der Waals surface area contributed by atoms with Gasteiger partial charge in [-0.05, 0) is 98.5 Å². The van der Waals surface area contributed by atoms with Crippen LogP contribution in [0.15, 0.2) is 65.7 Å². The van der Waals surface area contributed by atoms with Crippen LogP contribution in [0, 0.1) is 5.92 Å². The molecule has 1 fully saturated rings. The van der Waals surface area contributed by atoms with Gasteiger partial charge in [0, 0.05) is 49.8 Å². The van der Waals surface area contributed by atoms with Crippen LogP contribution in [0.4, 0.5) is 17.2 Å². The molecule has 0 saturated carbocycles. The monoisotopic (exact) mass is 607 g/mol. The van der Waals surface area contributed by atoms with Gasteiger partial charge in [-0.1, -0.05) is 11.3 Å². The fourth-order valence-corrected chi connectivity index (χ4v) is 7.18. The predicted molar refractivity (Wildman–Crippen MR) is 172 cm³/mol. The maximum atomic E-state index is 12.1. The highest BCUT2D eigenvalue weighted by Crippen LogP contribution is 2.36. The van der Waals surface area contributed by atoms with Crippen LogP contribution in [0.1, 0.15) is 47.4 Å². The fraction of sp³-hybridized carbons (Fsp3) is 0.333. The van der Waals surface area contributed by atoms with Gasteiger partial charge in [0.05, 0.1) is 27.8 Å². The molecule has 11 heteroatoms. The van der Waals surface area contributed by atoms with Crippen LogP contribution in [-0.4, -0.2) is 55.4 Å². The molecule has 0 atom stereocenters. The second-order valence-electron chi connectivity index (χ2n) is 11.6. The number of nitrogens with zero attached hydrogens (tertiary/aromatic N) is 7. The molecular formula is C33H33N7O3S. The molecule has 10 nitrogen and oxygen atoms in total. The zero-order valence-electron chi connectivity index (χ0n) is 24.5. The maximum absolute atomic E-state index is 12.1. The first-order valence-electron chi connectivity index (χ1n) is 15.1. The van der Waals surface area contributed by atoms with Gasteiger partial charge >= 0.3 is 10.8 Å². The van der Waals surface area contributed by atoms with Gasteiger partial charge in [-0.25, -0.2) is 4.79 Å². The number of pyridine rings is 2. The molecule has 5 aromatic rings. The highest BCUT2D eigenvalue weighted by Gasteiger charge is 2.22. The molecule has 2 aliphatic heterocycles. The molecule has 0 bridgehead atoms. The second-order valence-corrected chi connectivity index (χ2v) is 12.6. The van der Waals surface area contributed by atoms with E-state index in [0.29, 0.717) is 5.92 Å². The van der Waals surface area contributed by atoms with Crippen molar-refractivity contribution in [2.24, 2.45) is 13.0 Å². The number of aromatic carboxylic acids is 1. The molecule has 0 spiro atoms. The Labute approximate surface area is 258 Å². The molecule has 0 radical (unpaired) electrons. The number of benzene rings is 1. The summed E-state index contributed by atoms with van der Waals surface area (Å²) >= 11 is 1.28. The van der Waals surface area contributed by atoms with Crippen molar-refractivity contribution in [1.82, 2.24) is 24.7 Å². The van der Waals surface area contributed by atoms with Gasteiger partial charge in [0.15, 0.2) is 11.5 Å². The molecule has 1 N–H and O–H groups in total. The van der Waals surface area contributed by atoms with Crippen LogP contribution in [0.25, 0.3) is 21.5 Å². The Kier molecular flexibility index (Phi) is 7.55. The highest BCUT2D eigenvalue weighted by molar-refractivity contribution is 7.16. The van der Waals surface area contributed by atoms with Gasteiger partial charge in [-0.15, -0.1) is 10.2 Å². The molecule has 1 aromatic carbocycles. The lowest BCUT2D eigenvalue weighted by Crippen LogP contribution is -2.34. The number of hydrogen-bond donors (Lipinski definition) is 1. The largest absolute Gasteiger partial charge is 0.476 e. The van der Waals surface area contributed by atoms with Crippen LogP contribution in [0.2, 0.25) is 0 Å². The van der Waals surface area contributed by atoms with Gasteiger partial charge in [0.2, 0.25) is 0 Å². The third-order valence-corrected chi connectivity index (χ3v) is 9.92. The van der Waals surface area contributed by atoms with E-state index in [9.17, 15) is 9.59 Å². The first-order valence-corrected chi connectivity index (χ1v) is 15.9. The third-order valence-electron chi connectivity index (χ3n) is 8.91. The molecule has 2 aliphatic rings. The lowest BCUT2D eigenvalue weighted by atomic mass is 9.91. The number of aryl methyl sites for hydroxylation is 3. The average Bonchev–Trinajstić information content (AvgIpc) is 3.35. The van der Waals surface area contributed by atoms with Crippen LogP contribution in [0.3, 0.4) is 0 Å². The van der Waals surface area contributed by atoms with E-state index in [1.54, 1.807) is 10.6 Å². The molecule has 4 aromatic heterocycles. The number of thiazole rings is 1. The summed E-state index contributed by atoms with van der Waals surface area (Å²) < 4.78 is 2.72. The minimum Gasteiger partial charge on any atom is -0.476 e. The molecule has 44 heavy (non-hydrogen) atoms. The van der Waals surface area contributed by atoms with Crippen LogP contribution in [-0.2, 0) is 19.9 Å². The summed E-state index contributed by atoms with van der Waals surface area (Å²) in [5.41, 5.74) is 7.47. The lowest BCUT2D eigenvalue weighted by molar-refractivity contribution is 0.0689. The molecule has 6 heterocycles. The molecule has 0 aliphatic carbocycles. The van der Waals surface area contributed by atoms with E-state index in [2.05, 4.69) is 50.3 Å². The van der Waals surface area contributed by atoms with Gasteiger partial charge < -0.3 is 19.5 Å². The highest BCUT2D eigenvalue weighted by atomic mass is 32.1. The second kappa shape index (κ2) is 11.8. The van der Waals surface area contributed by atoms with E-state index in [1.807, 2.05) is 25.5 Å². The van der Waals surface area contributed by atoms with Crippen molar-refractivity contribution in [3.8, 4) is 11.3 Å². The van der Waals surface area contributed by atoms with Gasteiger partial charge in [-0.2, -0.15) is 0 Å². The Morgan fingerprint density at radius 2 is 1.86 bits per heavy atom. The van der Waals surface area contributed by atoms with E-state index in [-0.39, 0.29) is 10.6 Å². The fourth-order valence-electron chi connectivity index (χ4n) is 6.32. The Morgan fingerprint density at radius 1 is 1.00 bits per heavy atom. The molecule has 224 valence electrons. The summed E-state index contributed by atoms with van der Waals surface area (Å²) in [4.78, 5) is 37.3. The number of aromatic nitrogens is 5. The maximum Gasteiger partial charge on any atom is 0.356 e. The Hall–Kier alpha value is -4.64. The number of carboxylic acid groups (broad SMARTS) is 1. The van der Waals surface area contributed by atoms with Crippen LogP contribution >= 0.6 is 11.3 Å². The van der Waals surface area contributed by atoms with Crippen LogP contribution < -0.4 is 14.7 Å². The number of carbonyl (C=O) groups is 1. The number of carboxylic acids is 1. The standard InChI is InChI=1S/C33H33N7O3S/c1-38-28-18-25(8-10-30(28)44-33(38)43)40-14-2-3-22-17-27(35-20-29(22)40)23-5-7-24(34-19-23)6-4-21-12-15-39(16-13-21)31-11-9-26(32(41)42)36-37-31/h5,7-11,17-21H,2-4,6,12-16H2,1H3,(H,41,42). The van der Waals surface area contributed by atoms with E-state index in [0.717, 1.165) is 103 Å². The zero-order valence-corrected chi connectivity index (χ0v) is 25.3. The number of fused-ring (bicyclic) bond motifs is 2. The minimum atomic E-state index is -1.06. The average molecular weight is 608 g/mol. The quantitative estimate of drug-likeness (QED) is 0.257. The third kappa shape index (κ3) is 5.55. The van der Waals surface area contributed by atoms with Crippen LogP contribution in [0.5, 0.6) is 0 Å². The number of piperidine rings is 1. The summed E-state index contributed by atoms with van der Waals surface area (Å²) in [6.07, 6.45) is 10.1. The van der Waals surface area contributed by atoms with Crippen molar-refractivity contribution in [1.29, 1.82) is 0 Å². The van der Waals surface area contributed by atoms with E-state index >= 15 is 0 Å². The van der Waals surface area contributed by atoms with Crippen molar-refractivity contribution in [3.05, 3.63) is 87.5 Å². The van der Waals surface area contributed by atoms with Gasteiger partial charge in [-0.3, -0.25) is 14.8 Å². The van der Waals surface area contributed by atoms with Crippen molar-refractivity contribution in [3.63, 3.8) is 0 Å². The predicted octanol–water partition coefficient (Wildman–Crippen LogP) is 5.48. The molecule has 1 saturated heterocycles. The Morgan fingerprint density at radius 3 is 2.61 bits per heavy atom. The van der Waals surface area contributed by atoms with Crippen molar-refractivity contribution in [2.45, 2.75) is 38.5 Å². The minimum absolute atomic E-state index is 0.0325. The van der Waals surface area contributed by atoms with E-state index in [1.165, 1.54) is 23.0 Å². The molecule has 7 rings (SSSR count). The lowest BCUT2D eigenvalue weighted by Gasteiger charge is -2.32. The van der Waals surface area contributed by atoms with Crippen molar-refractivity contribution in [2.75, 3.05) is 29.4 Å². The summed E-state index contributed by atoms with van der Waals surface area (Å²) in [5.74, 6) is 0.298. The SMILES string of the molecule is Cn1c(=O)sc2ccc(N3CCCc4cc(-c5ccc(CCC6CCN(c7ccc(C(=O)O)nn7)CC6)nc5)ncc43)cc21. The summed E-state index contributed by atoms with van der Waals surface area (Å²) in [6, 6.07) is 16.0. The first kappa shape index (κ1) is 28.1. The molecule has 0 amide bonds. The van der Waals surface area contributed by atoms with Gasteiger partial charge in [0.25, 0.3) is 0 Å². The van der Waals surface area contributed by atoms with Crippen molar-refractivity contribution >= 4 is 44.7 Å². The Bertz CT molecular complexity index is 1880. The van der Waals surface area contributed by atoms with E-state index < -0.39 is 5.97 Å². The normalized spacial score (nSPS) is 15.5. The van der Waals surface area contributed by atoms with Gasteiger partial charge in [0.1, 0.15) is 0 Å². The first-order chi connectivity index (χ1) is 21.4.